The van der Waals surface area contributed by atoms with Crippen LogP contribution in [0.15, 0.2) is 16.8 Å². The molecule has 0 unspecified atom stereocenters. The first-order chi connectivity index (χ1) is 10.1. The first-order valence-electron chi connectivity index (χ1n) is 7.12. The lowest BCUT2D eigenvalue weighted by molar-refractivity contribution is -0.152. The van der Waals surface area contributed by atoms with Crippen LogP contribution in [-0.4, -0.2) is 49.6 Å². The minimum absolute atomic E-state index is 0.101. The topological polar surface area (TPSA) is 70.0 Å². The molecule has 2 atom stereocenters. The maximum absolute atomic E-state index is 12.6. The summed E-state index contributed by atoms with van der Waals surface area (Å²) in [7, 11) is 0. The van der Waals surface area contributed by atoms with Crippen molar-refractivity contribution >= 4 is 45.3 Å². The Bertz CT molecular complexity index is 540. The van der Waals surface area contributed by atoms with E-state index in [0.717, 1.165) is 31.4 Å². The van der Waals surface area contributed by atoms with Crippen LogP contribution >= 0.6 is 27.7 Å². The molecule has 3 rings (SSSR count). The molecule has 0 radical (unpaired) electrons. The Balaban J connectivity index is 1.90. The van der Waals surface area contributed by atoms with E-state index in [9.17, 15) is 14.7 Å². The summed E-state index contributed by atoms with van der Waals surface area (Å²) >= 11 is 5.02. The van der Waals surface area contributed by atoms with Gasteiger partial charge in [-0.15, -0.1) is 11.8 Å². The molecule has 7 heteroatoms. The zero-order valence-corrected chi connectivity index (χ0v) is 14.0. The second kappa shape index (κ2) is 5.76. The van der Waals surface area contributed by atoms with Gasteiger partial charge in [-0.25, -0.2) is 4.79 Å². The molecule has 0 bridgehead atoms. The highest BCUT2D eigenvalue weighted by atomic mass is 79.9. The summed E-state index contributed by atoms with van der Waals surface area (Å²) in [5.74, 6) is -0.624. The number of fused-ring (bicyclic) bond motifs is 1. The van der Waals surface area contributed by atoms with Gasteiger partial charge in [0.1, 0.15) is 11.1 Å². The highest BCUT2D eigenvalue weighted by molar-refractivity contribution is 9.09. The number of carboxylic acid groups (broad SMARTS) is 1. The van der Waals surface area contributed by atoms with Crippen LogP contribution in [0, 0.1) is 0 Å². The molecule has 5 nitrogen and oxygen atoms in total. The van der Waals surface area contributed by atoms with Crippen molar-refractivity contribution in [2.75, 3.05) is 11.1 Å². The molecule has 114 valence electrons. The Labute approximate surface area is 136 Å². The van der Waals surface area contributed by atoms with Crippen molar-refractivity contribution in [3.63, 3.8) is 0 Å². The van der Waals surface area contributed by atoms with Crippen molar-refractivity contribution < 1.29 is 14.7 Å². The summed E-state index contributed by atoms with van der Waals surface area (Å²) < 4.78 is 0. The fourth-order valence-electron chi connectivity index (χ4n) is 3.13. The predicted molar refractivity (Wildman–Crippen MR) is 85.9 cm³/mol. The third-order valence-corrected chi connectivity index (χ3v) is 6.36. The van der Waals surface area contributed by atoms with Gasteiger partial charge in [-0.1, -0.05) is 22.4 Å². The molecule has 1 N–H and O–H groups in total. The zero-order valence-electron chi connectivity index (χ0n) is 11.5. The van der Waals surface area contributed by atoms with Crippen molar-refractivity contribution in [1.29, 1.82) is 0 Å². The Morgan fingerprint density at radius 2 is 2.19 bits per heavy atom. The van der Waals surface area contributed by atoms with Crippen LogP contribution in [0.25, 0.3) is 0 Å². The van der Waals surface area contributed by atoms with Crippen molar-refractivity contribution in [1.82, 2.24) is 4.90 Å². The van der Waals surface area contributed by atoms with Crippen LogP contribution in [0.1, 0.15) is 32.1 Å². The van der Waals surface area contributed by atoms with E-state index >= 15 is 0 Å². The van der Waals surface area contributed by atoms with Crippen LogP contribution < -0.4 is 0 Å². The van der Waals surface area contributed by atoms with Crippen LogP contribution in [0.5, 0.6) is 0 Å². The van der Waals surface area contributed by atoms with Crippen molar-refractivity contribution in [2.24, 2.45) is 4.99 Å². The molecule has 1 amide bonds. The fourth-order valence-corrected chi connectivity index (χ4v) is 5.33. The van der Waals surface area contributed by atoms with Crippen molar-refractivity contribution in [2.45, 2.75) is 43.0 Å². The number of alkyl halides is 1. The zero-order chi connectivity index (χ0) is 15.0. The van der Waals surface area contributed by atoms with E-state index in [1.54, 1.807) is 17.8 Å². The number of carbonyl (C=O) groups is 2. The molecule has 21 heavy (non-hydrogen) atoms. The Morgan fingerprint density at radius 1 is 1.48 bits per heavy atom. The first-order valence-corrected chi connectivity index (χ1v) is 9.29. The van der Waals surface area contributed by atoms with Gasteiger partial charge in [0.25, 0.3) is 5.91 Å². The van der Waals surface area contributed by atoms with Gasteiger partial charge < -0.3 is 5.11 Å². The smallest absolute Gasteiger partial charge is 0.352 e. The molecule has 0 spiro atoms. The minimum Gasteiger partial charge on any atom is -0.477 e. The SMILES string of the molecule is O=C(O)C1=CCS[C@@H]2N1C(=O)[C@@]2(CBr)N=C1CCCCC1. The summed E-state index contributed by atoms with van der Waals surface area (Å²) in [5.41, 5.74) is 0.400. The van der Waals surface area contributed by atoms with Gasteiger partial charge in [0.05, 0.1) is 0 Å². The van der Waals surface area contributed by atoms with E-state index in [1.807, 2.05) is 0 Å². The second-order valence-corrected chi connectivity index (χ2v) is 7.23. The van der Waals surface area contributed by atoms with Crippen molar-refractivity contribution in [3.8, 4) is 0 Å². The van der Waals surface area contributed by atoms with E-state index in [4.69, 9.17) is 4.99 Å². The summed E-state index contributed by atoms with van der Waals surface area (Å²) in [5, 5.41) is 9.47. The second-order valence-electron chi connectivity index (χ2n) is 5.55. The number of hydrogen-bond donors (Lipinski definition) is 1. The van der Waals surface area contributed by atoms with E-state index in [0.29, 0.717) is 11.1 Å². The molecular weight excluding hydrogens is 356 g/mol. The maximum atomic E-state index is 12.6. The van der Waals surface area contributed by atoms with E-state index < -0.39 is 11.5 Å². The molecule has 1 aliphatic carbocycles. The Morgan fingerprint density at radius 3 is 2.81 bits per heavy atom. The first kappa shape index (κ1) is 15.1. The van der Waals surface area contributed by atoms with E-state index in [-0.39, 0.29) is 17.0 Å². The highest BCUT2D eigenvalue weighted by Gasteiger charge is 2.63. The van der Waals surface area contributed by atoms with Gasteiger partial charge >= 0.3 is 5.97 Å². The molecule has 0 aromatic heterocycles. The minimum atomic E-state index is -1.04. The molecule has 2 fully saturated rings. The number of aliphatic imine (C=N–C) groups is 1. The largest absolute Gasteiger partial charge is 0.477 e. The third-order valence-electron chi connectivity index (χ3n) is 4.23. The average Bonchev–Trinajstić information content (AvgIpc) is 2.52. The third kappa shape index (κ3) is 2.34. The molecule has 0 aromatic rings. The molecule has 0 aromatic carbocycles. The van der Waals surface area contributed by atoms with Gasteiger partial charge in [0.15, 0.2) is 5.54 Å². The monoisotopic (exact) mass is 372 g/mol. The lowest BCUT2D eigenvalue weighted by Crippen LogP contribution is -2.73. The summed E-state index contributed by atoms with van der Waals surface area (Å²) in [4.78, 5) is 30.1. The highest BCUT2D eigenvalue weighted by Crippen LogP contribution is 2.47. The maximum Gasteiger partial charge on any atom is 0.352 e. The Kier molecular flexibility index (Phi) is 4.14. The average molecular weight is 373 g/mol. The van der Waals surface area contributed by atoms with Crippen LogP contribution in [-0.2, 0) is 9.59 Å². The van der Waals surface area contributed by atoms with Gasteiger partial charge in [0.2, 0.25) is 0 Å². The number of amides is 1. The van der Waals surface area contributed by atoms with Gasteiger partial charge in [-0.05, 0) is 31.8 Å². The van der Waals surface area contributed by atoms with Crippen LogP contribution in [0.4, 0.5) is 0 Å². The van der Waals surface area contributed by atoms with Gasteiger partial charge in [0, 0.05) is 16.8 Å². The molecule has 3 aliphatic rings. The van der Waals surface area contributed by atoms with Crippen LogP contribution in [0.3, 0.4) is 0 Å². The number of hydrogen-bond acceptors (Lipinski definition) is 4. The number of carboxylic acids is 1. The summed E-state index contributed by atoms with van der Waals surface area (Å²) in [6.07, 6.45) is 7.01. The summed E-state index contributed by atoms with van der Waals surface area (Å²) in [6, 6.07) is 0. The number of thioether (sulfide) groups is 1. The van der Waals surface area contributed by atoms with E-state index in [1.165, 1.54) is 11.3 Å². The molecule has 1 saturated heterocycles. The van der Waals surface area contributed by atoms with E-state index in [2.05, 4.69) is 15.9 Å². The standard InChI is InChI=1S/C14H17BrN2O3S/c15-8-14(16-9-4-2-1-3-5-9)12(20)17-10(11(18)19)6-7-21-13(14)17/h6,13H,1-5,7-8H2,(H,18,19)/t13-,14+/m0/s1. The lowest BCUT2D eigenvalue weighted by atomic mass is 9.88. The van der Waals surface area contributed by atoms with Gasteiger partial charge in [-0.3, -0.25) is 14.7 Å². The number of β-lactam (4-membered cyclic amide) rings is 1. The van der Waals surface area contributed by atoms with Crippen LogP contribution in [0.2, 0.25) is 0 Å². The van der Waals surface area contributed by atoms with Crippen molar-refractivity contribution in [3.05, 3.63) is 11.8 Å². The molecule has 1 saturated carbocycles. The summed E-state index contributed by atoms with van der Waals surface area (Å²) in [6.45, 7) is 0. The van der Waals surface area contributed by atoms with Gasteiger partial charge in [-0.2, -0.15) is 0 Å². The number of halogens is 1. The normalized spacial score (nSPS) is 32.1. The number of nitrogens with zero attached hydrogens (tertiary/aromatic N) is 2. The molecular formula is C14H17BrN2O3S. The predicted octanol–water partition coefficient (Wildman–Crippen LogP) is 2.41. The Hall–Kier alpha value is -0.820. The fraction of sp³-hybridized carbons (Fsp3) is 0.643. The number of carbonyl (C=O) groups excluding carboxylic acids is 1. The quantitative estimate of drug-likeness (QED) is 0.609. The lowest BCUT2D eigenvalue weighted by Gasteiger charge is -2.54. The number of aliphatic carboxylic acids is 1. The number of rotatable bonds is 3. The molecule has 2 aliphatic heterocycles. The molecule has 2 heterocycles.